The van der Waals surface area contributed by atoms with Crippen molar-refractivity contribution in [3.63, 3.8) is 0 Å². The predicted molar refractivity (Wildman–Crippen MR) is 79.2 cm³/mol. The number of hydrogen-bond acceptors (Lipinski definition) is 2. The minimum absolute atomic E-state index is 0.0595. The topological polar surface area (TPSA) is 42.0 Å². The van der Waals surface area contributed by atoms with Gasteiger partial charge in [-0.3, -0.25) is 9.78 Å². The van der Waals surface area contributed by atoms with E-state index in [0.717, 1.165) is 22.0 Å². The molecule has 1 aromatic carbocycles. The Morgan fingerprint density at radius 3 is 2.89 bits per heavy atom. The average molecular weight is 319 g/mol. The summed E-state index contributed by atoms with van der Waals surface area (Å²) < 4.78 is 0.825. The highest BCUT2D eigenvalue weighted by molar-refractivity contribution is 9.10. The fourth-order valence-corrected chi connectivity index (χ4v) is 2.44. The molecule has 3 nitrogen and oxygen atoms in total. The Morgan fingerprint density at radius 1 is 1.37 bits per heavy atom. The minimum Gasteiger partial charge on any atom is -0.352 e. The zero-order chi connectivity index (χ0) is 13.7. The number of rotatable bonds is 4. The van der Waals surface area contributed by atoms with E-state index >= 15 is 0 Å². The third-order valence-corrected chi connectivity index (χ3v) is 3.45. The van der Waals surface area contributed by atoms with Crippen LogP contribution in [0.15, 0.2) is 47.2 Å². The molecule has 1 N–H and O–H groups in total. The lowest BCUT2D eigenvalue weighted by Crippen LogP contribution is -2.26. The van der Waals surface area contributed by atoms with E-state index in [1.165, 1.54) is 0 Å². The van der Waals surface area contributed by atoms with Gasteiger partial charge in [-0.05, 0) is 58.6 Å². The maximum Gasteiger partial charge on any atom is 0.252 e. The maximum absolute atomic E-state index is 12.0. The van der Waals surface area contributed by atoms with Crippen LogP contribution in [-0.2, 0) is 6.42 Å². The number of carbonyl (C=O) groups is 1. The molecule has 19 heavy (non-hydrogen) atoms. The molecular weight excluding hydrogens is 304 g/mol. The van der Waals surface area contributed by atoms with E-state index in [9.17, 15) is 4.79 Å². The highest BCUT2D eigenvalue weighted by Gasteiger charge is 2.09. The number of benzene rings is 1. The van der Waals surface area contributed by atoms with Crippen LogP contribution >= 0.6 is 15.9 Å². The molecule has 0 aliphatic carbocycles. The zero-order valence-corrected chi connectivity index (χ0v) is 12.3. The second-order valence-electron chi connectivity index (χ2n) is 4.35. The Hall–Kier alpha value is -1.68. The molecule has 0 atom stereocenters. The molecule has 0 saturated carbocycles. The lowest BCUT2D eigenvalue weighted by atomic mass is 10.1. The quantitative estimate of drug-likeness (QED) is 0.941. The van der Waals surface area contributed by atoms with Gasteiger partial charge in [-0.25, -0.2) is 0 Å². The summed E-state index contributed by atoms with van der Waals surface area (Å²) in [6.07, 6.45) is 4.34. The number of pyridine rings is 1. The molecule has 0 aliphatic rings. The second kappa shape index (κ2) is 6.48. The van der Waals surface area contributed by atoms with Gasteiger partial charge in [0.1, 0.15) is 0 Å². The van der Waals surface area contributed by atoms with Gasteiger partial charge < -0.3 is 5.32 Å². The van der Waals surface area contributed by atoms with Crippen molar-refractivity contribution >= 4 is 21.8 Å². The molecule has 0 bridgehead atoms. The number of nitrogens with zero attached hydrogens (tertiary/aromatic N) is 1. The molecule has 1 amide bonds. The zero-order valence-electron chi connectivity index (χ0n) is 10.7. The first kappa shape index (κ1) is 13.7. The van der Waals surface area contributed by atoms with E-state index in [-0.39, 0.29) is 5.91 Å². The van der Waals surface area contributed by atoms with Gasteiger partial charge in [0.05, 0.1) is 5.56 Å². The van der Waals surface area contributed by atoms with Gasteiger partial charge in [-0.2, -0.15) is 0 Å². The first-order valence-corrected chi connectivity index (χ1v) is 6.89. The Balaban J connectivity index is 1.91. The smallest absolute Gasteiger partial charge is 0.252 e. The largest absolute Gasteiger partial charge is 0.352 e. The number of aromatic nitrogens is 1. The number of hydrogen-bond donors (Lipinski definition) is 1. The van der Waals surface area contributed by atoms with Crippen molar-refractivity contribution in [3.8, 4) is 0 Å². The summed E-state index contributed by atoms with van der Waals surface area (Å²) in [5, 5.41) is 2.91. The molecular formula is C15H15BrN2O. The molecule has 0 saturated heterocycles. The van der Waals surface area contributed by atoms with Crippen molar-refractivity contribution in [2.24, 2.45) is 0 Å². The van der Waals surface area contributed by atoms with Crippen LogP contribution in [0, 0.1) is 6.92 Å². The Kier molecular flexibility index (Phi) is 4.68. The lowest BCUT2D eigenvalue weighted by molar-refractivity contribution is 0.0953. The van der Waals surface area contributed by atoms with Crippen LogP contribution in [0.5, 0.6) is 0 Å². The van der Waals surface area contributed by atoms with Gasteiger partial charge in [0.15, 0.2) is 0 Å². The summed E-state index contributed by atoms with van der Waals surface area (Å²) in [4.78, 5) is 16.1. The number of carbonyl (C=O) groups excluding carboxylic acids is 1. The van der Waals surface area contributed by atoms with E-state index in [2.05, 4.69) is 26.2 Å². The number of aryl methyl sites for hydroxylation is 1. The van der Waals surface area contributed by atoms with E-state index in [4.69, 9.17) is 0 Å². The van der Waals surface area contributed by atoms with Crippen LogP contribution in [0.3, 0.4) is 0 Å². The molecule has 1 aromatic heterocycles. The van der Waals surface area contributed by atoms with E-state index < -0.39 is 0 Å². The van der Waals surface area contributed by atoms with Crippen LogP contribution in [0.25, 0.3) is 0 Å². The van der Waals surface area contributed by atoms with Gasteiger partial charge >= 0.3 is 0 Å². The first-order valence-electron chi connectivity index (χ1n) is 6.10. The molecule has 2 rings (SSSR count). The fourth-order valence-electron chi connectivity index (χ4n) is 1.77. The minimum atomic E-state index is -0.0595. The number of amides is 1. The average Bonchev–Trinajstić information content (AvgIpc) is 2.39. The van der Waals surface area contributed by atoms with E-state index in [1.807, 2.05) is 43.5 Å². The predicted octanol–water partition coefficient (Wildman–Crippen LogP) is 3.13. The van der Waals surface area contributed by atoms with Gasteiger partial charge in [-0.1, -0.05) is 12.1 Å². The van der Waals surface area contributed by atoms with Crippen molar-refractivity contribution < 1.29 is 4.79 Å². The van der Waals surface area contributed by atoms with Crippen molar-refractivity contribution in [2.45, 2.75) is 13.3 Å². The highest BCUT2D eigenvalue weighted by atomic mass is 79.9. The summed E-state index contributed by atoms with van der Waals surface area (Å²) in [6, 6.07) is 9.60. The third-order valence-electron chi connectivity index (χ3n) is 2.79. The fraction of sp³-hybridized carbons (Fsp3) is 0.200. The summed E-state index contributed by atoms with van der Waals surface area (Å²) in [7, 11) is 0. The molecule has 2 aromatic rings. The molecule has 98 valence electrons. The normalized spacial score (nSPS) is 10.2. The van der Waals surface area contributed by atoms with Crippen molar-refractivity contribution in [2.75, 3.05) is 6.54 Å². The van der Waals surface area contributed by atoms with Gasteiger partial charge in [0.25, 0.3) is 5.91 Å². The van der Waals surface area contributed by atoms with Crippen molar-refractivity contribution in [3.05, 3.63) is 63.9 Å². The molecule has 0 fully saturated rings. The monoisotopic (exact) mass is 318 g/mol. The van der Waals surface area contributed by atoms with Crippen molar-refractivity contribution in [1.29, 1.82) is 0 Å². The first-order chi connectivity index (χ1) is 9.16. The van der Waals surface area contributed by atoms with Gasteiger partial charge in [0.2, 0.25) is 0 Å². The summed E-state index contributed by atoms with van der Waals surface area (Å²) in [5.74, 6) is -0.0595. The summed E-state index contributed by atoms with van der Waals surface area (Å²) >= 11 is 3.41. The summed E-state index contributed by atoms with van der Waals surface area (Å²) in [6.45, 7) is 2.60. The molecule has 0 aliphatic heterocycles. The van der Waals surface area contributed by atoms with Crippen molar-refractivity contribution in [1.82, 2.24) is 10.3 Å². The lowest BCUT2D eigenvalue weighted by Gasteiger charge is -2.07. The van der Waals surface area contributed by atoms with Crippen LogP contribution in [-0.4, -0.2) is 17.4 Å². The number of nitrogens with one attached hydrogen (secondary N) is 1. The Morgan fingerprint density at radius 2 is 2.21 bits per heavy atom. The van der Waals surface area contributed by atoms with E-state index in [1.54, 1.807) is 6.20 Å². The molecule has 0 spiro atoms. The molecule has 0 unspecified atom stereocenters. The Bertz CT molecular complexity index is 570. The van der Waals surface area contributed by atoms with Crippen LogP contribution in [0.2, 0.25) is 0 Å². The molecule has 0 radical (unpaired) electrons. The molecule has 4 heteroatoms. The SMILES string of the molecule is Cc1ccc(C(=O)NCCc2cccnc2)c(Br)c1. The van der Waals surface area contributed by atoms with Crippen LogP contribution in [0.1, 0.15) is 21.5 Å². The van der Waals surface area contributed by atoms with Crippen LogP contribution in [0.4, 0.5) is 0 Å². The molecule has 1 heterocycles. The van der Waals surface area contributed by atoms with Gasteiger partial charge in [-0.15, -0.1) is 0 Å². The summed E-state index contributed by atoms with van der Waals surface area (Å²) in [5.41, 5.74) is 2.90. The second-order valence-corrected chi connectivity index (χ2v) is 5.20. The maximum atomic E-state index is 12.0. The Labute approximate surface area is 121 Å². The third kappa shape index (κ3) is 3.89. The van der Waals surface area contributed by atoms with Gasteiger partial charge in [0, 0.05) is 23.4 Å². The number of halogens is 1. The standard InChI is InChI=1S/C15H15BrN2O/c1-11-4-5-13(14(16)9-11)15(19)18-8-6-12-3-2-7-17-10-12/h2-5,7,9-10H,6,8H2,1H3,(H,18,19). The highest BCUT2D eigenvalue weighted by Crippen LogP contribution is 2.18. The van der Waals surface area contributed by atoms with Crippen LogP contribution < -0.4 is 5.32 Å². The van der Waals surface area contributed by atoms with E-state index in [0.29, 0.717) is 12.1 Å².